The van der Waals surface area contributed by atoms with Crippen LogP contribution in [-0.4, -0.2) is 12.6 Å². The van der Waals surface area contributed by atoms with Crippen molar-refractivity contribution in [2.45, 2.75) is 26.4 Å². The number of hydrogen-bond donors (Lipinski definition) is 1. The van der Waals surface area contributed by atoms with E-state index in [-0.39, 0.29) is 6.61 Å². The van der Waals surface area contributed by atoms with Crippen LogP contribution >= 0.6 is 11.6 Å². The van der Waals surface area contributed by atoms with Gasteiger partial charge in [-0.25, -0.2) is 0 Å². The molecule has 86 valence electrons. The molecule has 0 radical (unpaired) electrons. The first-order chi connectivity index (χ1) is 7.63. The van der Waals surface area contributed by atoms with E-state index in [0.717, 1.165) is 5.56 Å². The minimum atomic E-state index is 0.0519. The van der Waals surface area contributed by atoms with Gasteiger partial charge in [-0.2, -0.15) is 5.26 Å². The average Bonchev–Trinajstić information content (AvgIpc) is 2.25. The summed E-state index contributed by atoms with van der Waals surface area (Å²) in [6, 6.07) is 7.74. The van der Waals surface area contributed by atoms with Crippen LogP contribution in [-0.2, 0) is 6.54 Å². The van der Waals surface area contributed by atoms with Crippen molar-refractivity contribution in [1.29, 1.82) is 5.26 Å². The molecule has 1 rings (SSSR count). The maximum absolute atomic E-state index is 8.47. The predicted molar refractivity (Wildman–Crippen MR) is 64.5 cm³/mol. The molecule has 0 saturated heterocycles. The number of benzene rings is 1. The Labute approximate surface area is 101 Å². The van der Waals surface area contributed by atoms with Gasteiger partial charge in [0, 0.05) is 23.2 Å². The zero-order valence-corrected chi connectivity index (χ0v) is 10.2. The lowest BCUT2D eigenvalue weighted by Crippen LogP contribution is -2.22. The second-order valence-electron chi connectivity index (χ2n) is 3.73. The molecule has 0 saturated carbocycles. The van der Waals surface area contributed by atoms with Gasteiger partial charge in [0.25, 0.3) is 0 Å². The molecule has 4 heteroatoms. The number of nitrogens with one attached hydrogen (secondary N) is 1. The normalized spacial score (nSPS) is 10.2. The molecule has 0 fully saturated rings. The molecule has 0 amide bonds. The third kappa shape index (κ3) is 4.09. The van der Waals surface area contributed by atoms with Gasteiger partial charge in [0.15, 0.2) is 6.61 Å². The SMILES string of the molecule is CC(C)NCc1cc(Cl)ccc1OCC#N. The number of halogens is 1. The Kier molecular flexibility index (Phi) is 5.10. The lowest BCUT2D eigenvalue weighted by Gasteiger charge is -2.12. The van der Waals surface area contributed by atoms with Gasteiger partial charge < -0.3 is 10.1 Å². The summed E-state index contributed by atoms with van der Waals surface area (Å²) in [6.07, 6.45) is 0. The van der Waals surface area contributed by atoms with Crippen molar-refractivity contribution >= 4 is 11.6 Å². The summed E-state index contributed by atoms with van der Waals surface area (Å²) in [5.41, 5.74) is 0.969. The first-order valence-electron chi connectivity index (χ1n) is 5.15. The smallest absolute Gasteiger partial charge is 0.174 e. The fourth-order valence-corrected chi connectivity index (χ4v) is 1.45. The van der Waals surface area contributed by atoms with Gasteiger partial charge in [0.05, 0.1) is 0 Å². The number of nitriles is 1. The Morgan fingerprint density at radius 3 is 2.88 bits per heavy atom. The van der Waals surface area contributed by atoms with E-state index < -0.39 is 0 Å². The quantitative estimate of drug-likeness (QED) is 0.858. The minimum absolute atomic E-state index is 0.0519. The fourth-order valence-electron chi connectivity index (χ4n) is 1.25. The topological polar surface area (TPSA) is 45.0 Å². The van der Waals surface area contributed by atoms with Crippen LogP contribution in [0.4, 0.5) is 0 Å². The summed E-state index contributed by atoms with van der Waals surface area (Å²) in [7, 11) is 0. The van der Waals surface area contributed by atoms with Gasteiger partial charge in [-0.1, -0.05) is 25.4 Å². The summed E-state index contributed by atoms with van der Waals surface area (Å²) in [4.78, 5) is 0. The van der Waals surface area contributed by atoms with Crippen molar-refractivity contribution in [2.75, 3.05) is 6.61 Å². The summed E-state index contributed by atoms with van der Waals surface area (Å²) in [6.45, 7) is 4.87. The highest BCUT2D eigenvalue weighted by Crippen LogP contribution is 2.22. The third-order valence-corrected chi connectivity index (χ3v) is 2.25. The summed E-state index contributed by atoms with van der Waals surface area (Å²) in [5.74, 6) is 0.708. The molecule has 0 aliphatic heterocycles. The van der Waals surface area contributed by atoms with Gasteiger partial charge in [0.2, 0.25) is 0 Å². The standard InChI is InChI=1S/C12H15ClN2O/c1-9(2)15-8-10-7-11(13)3-4-12(10)16-6-5-14/h3-4,7,9,15H,6,8H2,1-2H3. The maximum atomic E-state index is 8.47. The molecular weight excluding hydrogens is 224 g/mol. The van der Waals surface area contributed by atoms with Crippen LogP contribution in [0.1, 0.15) is 19.4 Å². The van der Waals surface area contributed by atoms with E-state index in [1.54, 1.807) is 12.1 Å². The first-order valence-corrected chi connectivity index (χ1v) is 5.53. The van der Waals surface area contributed by atoms with E-state index >= 15 is 0 Å². The molecule has 0 aliphatic rings. The molecule has 16 heavy (non-hydrogen) atoms. The number of nitrogens with zero attached hydrogens (tertiary/aromatic N) is 1. The van der Waals surface area contributed by atoms with E-state index in [9.17, 15) is 0 Å². The van der Waals surface area contributed by atoms with Crippen LogP contribution in [0, 0.1) is 11.3 Å². The predicted octanol–water partition coefficient (Wildman–Crippen LogP) is 2.74. The highest BCUT2D eigenvalue weighted by Gasteiger charge is 2.05. The second kappa shape index (κ2) is 6.37. The Morgan fingerprint density at radius 1 is 1.50 bits per heavy atom. The van der Waals surface area contributed by atoms with E-state index in [2.05, 4.69) is 19.2 Å². The van der Waals surface area contributed by atoms with Crippen LogP contribution in [0.2, 0.25) is 5.02 Å². The van der Waals surface area contributed by atoms with Gasteiger partial charge in [-0.15, -0.1) is 0 Å². The Balaban J connectivity index is 2.77. The van der Waals surface area contributed by atoms with Crippen LogP contribution in [0.3, 0.4) is 0 Å². The van der Waals surface area contributed by atoms with Crippen molar-refractivity contribution in [3.63, 3.8) is 0 Å². The monoisotopic (exact) mass is 238 g/mol. The van der Waals surface area contributed by atoms with Crippen LogP contribution < -0.4 is 10.1 Å². The maximum Gasteiger partial charge on any atom is 0.174 e. The first kappa shape index (κ1) is 12.8. The molecular formula is C12H15ClN2O. The fraction of sp³-hybridized carbons (Fsp3) is 0.417. The summed E-state index contributed by atoms with van der Waals surface area (Å²) >= 11 is 5.92. The van der Waals surface area contributed by atoms with Crippen molar-refractivity contribution < 1.29 is 4.74 Å². The lowest BCUT2D eigenvalue weighted by molar-refractivity contribution is 0.362. The number of ether oxygens (including phenoxy) is 1. The Morgan fingerprint density at radius 2 is 2.25 bits per heavy atom. The molecule has 1 aromatic rings. The highest BCUT2D eigenvalue weighted by molar-refractivity contribution is 6.30. The lowest BCUT2D eigenvalue weighted by atomic mass is 10.2. The van der Waals surface area contributed by atoms with Crippen molar-refractivity contribution in [3.05, 3.63) is 28.8 Å². The number of hydrogen-bond acceptors (Lipinski definition) is 3. The van der Waals surface area contributed by atoms with Crippen molar-refractivity contribution in [3.8, 4) is 11.8 Å². The van der Waals surface area contributed by atoms with Gasteiger partial charge >= 0.3 is 0 Å². The molecule has 0 aliphatic carbocycles. The molecule has 0 unspecified atom stereocenters. The van der Waals surface area contributed by atoms with E-state index in [1.165, 1.54) is 0 Å². The van der Waals surface area contributed by atoms with Crippen LogP contribution in [0.15, 0.2) is 18.2 Å². The van der Waals surface area contributed by atoms with Gasteiger partial charge in [-0.3, -0.25) is 0 Å². The minimum Gasteiger partial charge on any atom is -0.478 e. The molecule has 0 spiro atoms. The van der Waals surface area contributed by atoms with Crippen LogP contribution in [0.5, 0.6) is 5.75 Å². The summed E-state index contributed by atoms with van der Waals surface area (Å²) in [5, 5.41) is 12.4. The number of rotatable bonds is 5. The van der Waals surface area contributed by atoms with Crippen molar-refractivity contribution in [2.24, 2.45) is 0 Å². The molecule has 0 atom stereocenters. The molecule has 1 aromatic carbocycles. The van der Waals surface area contributed by atoms with Gasteiger partial charge in [0.1, 0.15) is 11.8 Å². The highest BCUT2D eigenvalue weighted by atomic mass is 35.5. The van der Waals surface area contributed by atoms with Crippen LogP contribution in [0.25, 0.3) is 0 Å². The Bertz CT molecular complexity index is 385. The van der Waals surface area contributed by atoms with E-state index in [0.29, 0.717) is 23.4 Å². The molecule has 3 nitrogen and oxygen atoms in total. The van der Waals surface area contributed by atoms with E-state index in [4.69, 9.17) is 21.6 Å². The second-order valence-corrected chi connectivity index (χ2v) is 4.17. The zero-order chi connectivity index (χ0) is 12.0. The third-order valence-electron chi connectivity index (χ3n) is 2.02. The van der Waals surface area contributed by atoms with Gasteiger partial charge in [-0.05, 0) is 18.2 Å². The molecule has 0 aromatic heterocycles. The molecule has 1 N–H and O–H groups in total. The van der Waals surface area contributed by atoms with Crippen molar-refractivity contribution in [1.82, 2.24) is 5.32 Å². The van der Waals surface area contributed by atoms with E-state index in [1.807, 2.05) is 12.1 Å². The summed E-state index contributed by atoms with van der Waals surface area (Å²) < 4.78 is 5.31. The molecule has 0 heterocycles. The molecule has 0 bridgehead atoms. The largest absolute Gasteiger partial charge is 0.478 e. The average molecular weight is 239 g/mol. The Hall–Kier alpha value is -1.24. The zero-order valence-electron chi connectivity index (χ0n) is 9.46.